The van der Waals surface area contributed by atoms with Crippen LogP contribution in [0.1, 0.15) is 11.5 Å². The highest BCUT2D eigenvalue weighted by Gasteiger charge is 2.93. The summed E-state index contributed by atoms with van der Waals surface area (Å²) >= 11 is 1.32. The number of benzene rings is 1. The number of fused-ring (bicyclic) bond motifs is 2. The summed E-state index contributed by atoms with van der Waals surface area (Å²) in [7, 11) is 0. The minimum atomic E-state index is -1.40. The molecule has 3 aliphatic rings. The third-order valence-corrected chi connectivity index (χ3v) is 6.34. The predicted octanol–water partition coefficient (Wildman–Crippen LogP) is 1.50. The normalized spacial score (nSPS) is 38.9. The highest BCUT2D eigenvalue weighted by Crippen LogP contribution is 2.84. The first-order valence-corrected chi connectivity index (χ1v) is 8.19. The van der Waals surface area contributed by atoms with Crippen molar-refractivity contribution in [1.82, 2.24) is 0 Å². The molecule has 24 heavy (non-hydrogen) atoms. The van der Waals surface area contributed by atoms with Crippen molar-refractivity contribution in [1.29, 1.82) is 10.5 Å². The maximum Gasteiger partial charge on any atom is 0.272 e. The summed E-state index contributed by atoms with van der Waals surface area (Å²) in [6.45, 7) is 0.385. The van der Waals surface area contributed by atoms with Crippen LogP contribution in [0.4, 0.5) is 5.69 Å². The molecule has 4 atom stereocenters. The van der Waals surface area contributed by atoms with E-state index in [1.54, 1.807) is 18.2 Å². The Bertz CT molecular complexity index is 882. The standard InChI is InChI=1S/C15H11N5O3S/c16-7-13-11(9-3-1-2-4-10(9)20(21)22)14(13,8-17)15(19-12(13)18)23-5-6-24-15/h1-4,11H,5-6H2,(H2,18,19)/t11-,13-,14-,15-/m1/s1. The van der Waals surface area contributed by atoms with Gasteiger partial charge in [0.1, 0.15) is 11.3 Å². The van der Waals surface area contributed by atoms with Gasteiger partial charge < -0.3 is 10.5 Å². The van der Waals surface area contributed by atoms with Crippen LogP contribution in [0.5, 0.6) is 0 Å². The van der Waals surface area contributed by atoms with Gasteiger partial charge in [-0.3, -0.25) is 10.1 Å². The molecule has 4 rings (SSSR count). The first kappa shape index (κ1) is 14.9. The van der Waals surface area contributed by atoms with Gasteiger partial charge in [-0.25, -0.2) is 4.99 Å². The van der Waals surface area contributed by atoms with Crippen LogP contribution in [-0.4, -0.2) is 28.2 Å². The van der Waals surface area contributed by atoms with Gasteiger partial charge in [0.15, 0.2) is 5.41 Å². The fourth-order valence-corrected chi connectivity index (χ4v) is 5.41. The number of amidine groups is 1. The second kappa shape index (κ2) is 4.47. The van der Waals surface area contributed by atoms with Gasteiger partial charge in [-0.15, -0.1) is 0 Å². The molecule has 2 heterocycles. The number of para-hydroxylation sites is 1. The van der Waals surface area contributed by atoms with Crippen LogP contribution in [0.3, 0.4) is 0 Å². The molecule has 1 saturated carbocycles. The van der Waals surface area contributed by atoms with E-state index in [2.05, 4.69) is 17.1 Å². The van der Waals surface area contributed by atoms with Crippen molar-refractivity contribution in [3.8, 4) is 12.1 Å². The van der Waals surface area contributed by atoms with Gasteiger partial charge in [0, 0.05) is 23.3 Å². The summed E-state index contributed by atoms with van der Waals surface area (Å²) in [6.07, 6.45) is 0. The number of hydrogen-bond acceptors (Lipinski definition) is 8. The lowest BCUT2D eigenvalue weighted by molar-refractivity contribution is -0.385. The number of nitro groups is 1. The average molecular weight is 341 g/mol. The van der Waals surface area contributed by atoms with Gasteiger partial charge in [-0.05, 0) is 0 Å². The molecule has 0 aromatic heterocycles. The van der Waals surface area contributed by atoms with Gasteiger partial charge >= 0.3 is 0 Å². The summed E-state index contributed by atoms with van der Waals surface area (Å²) in [4.78, 5) is 15.2. The number of aliphatic imine (C=N–C) groups is 1. The Morgan fingerprint density at radius 3 is 2.75 bits per heavy atom. The number of ether oxygens (including phenoxy) is 1. The van der Waals surface area contributed by atoms with Crippen LogP contribution in [0.2, 0.25) is 0 Å². The molecule has 1 saturated heterocycles. The monoisotopic (exact) mass is 341 g/mol. The molecule has 120 valence electrons. The molecule has 1 spiro atoms. The second-order valence-electron chi connectivity index (χ2n) is 5.86. The summed E-state index contributed by atoms with van der Waals surface area (Å²) in [5.74, 6) is -0.112. The van der Waals surface area contributed by atoms with E-state index in [1.165, 1.54) is 17.8 Å². The van der Waals surface area contributed by atoms with E-state index < -0.39 is 26.7 Å². The Labute approximate surface area is 141 Å². The molecule has 2 N–H and O–H groups in total. The Morgan fingerprint density at radius 2 is 2.17 bits per heavy atom. The van der Waals surface area contributed by atoms with E-state index in [-0.39, 0.29) is 11.5 Å². The van der Waals surface area contributed by atoms with Gasteiger partial charge in [-0.2, -0.15) is 10.5 Å². The van der Waals surface area contributed by atoms with Gasteiger partial charge in [0.25, 0.3) is 5.69 Å². The van der Waals surface area contributed by atoms with Crippen LogP contribution in [-0.2, 0) is 4.74 Å². The van der Waals surface area contributed by atoms with Crippen LogP contribution in [0, 0.1) is 43.6 Å². The highest BCUT2D eigenvalue weighted by atomic mass is 32.2. The zero-order valence-corrected chi connectivity index (χ0v) is 13.1. The molecule has 0 bridgehead atoms. The smallest absolute Gasteiger partial charge is 0.272 e. The van der Waals surface area contributed by atoms with Gasteiger partial charge in [0.05, 0.1) is 23.7 Å². The van der Waals surface area contributed by atoms with E-state index in [9.17, 15) is 20.6 Å². The van der Waals surface area contributed by atoms with Crippen LogP contribution in [0.25, 0.3) is 0 Å². The van der Waals surface area contributed by atoms with Crippen molar-refractivity contribution in [3.63, 3.8) is 0 Å². The Balaban J connectivity index is 1.97. The third kappa shape index (κ3) is 1.32. The molecule has 9 heteroatoms. The first-order valence-electron chi connectivity index (χ1n) is 7.20. The summed E-state index contributed by atoms with van der Waals surface area (Å²) in [6, 6.07) is 10.5. The highest BCUT2D eigenvalue weighted by molar-refractivity contribution is 8.00. The number of nitrogens with zero attached hydrogens (tertiary/aromatic N) is 4. The topological polar surface area (TPSA) is 138 Å². The number of nitriles is 2. The van der Waals surface area contributed by atoms with E-state index in [1.807, 2.05) is 0 Å². The fraction of sp³-hybridized carbons (Fsp3) is 0.400. The summed E-state index contributed by atoms with van der Waals surface area (Å²) in [5.41, 5.74) is 3.48. The minimum Gasteiger partial charge on any atom is -0.386 e. The van der Waals surface area contributed by atoms with Gasteiger partial charge in [-0.1, -0.05) is 30.0 Å². The molecule has 8 nitrogen and oxygen atoms in total. The Morgan fingerprint density at radius 1 is 1.42 bits per heavy atom. The quantitative estimate of drug-likeness (QED) is 0.635. The summed E-state index contributed by atoms with van der Waals surface area (Å²) in [5, 5.41) is 29.9. The van der Waals surface area contributed by atoms with Crippen LogP contribution in [0.15, 0.2) is 29.3 Å². The van der Waals surface area contributed by atoms with Crippen molar-refractivity contribution < 1.29 is 9.66 Å². The van der Waals surface area contributed by atoms with Crippen LogP contribution < -0.4 is 5.73 Å². The second-order valence-corrected chi connectivity index (χ2v) is 7.11. The lowest BCUT2D eigenvalue weighted by atomic mass is 9.95. The Kier molecular flexibility index (Phi) is 2.78. The molecule has 1 aliphatic carbocycles. The Hall–Kier alpha value is -2.62. The third-order valence-electron chi connectivity index (χ3n) is 5.05. The molecule has 0 unspecified atom stereocenters. The largest absolute Gasteiger partial charge is 0.386 e. The first-order chi connectivity index (χ1) is 11.5. The van der Waals surface area contributed by atoms with Crippen molar-refractivity contribution >= 4 is 23.3 Å². The maximum atomic E-state index is 11.4. The SMILES string of the molecule is N#C[C@@]12[C@H](c3ccccc3[N+](=O)[O-])[C@]1(C#N)C(N)=N[C@@]21OCCS1. The molecule has 2 aliphatic heterocycles. The average Bonchev–Trinajstić information content (AvgIpc) is 2.83. The number of thioether (sulfide) groups is 1. The van der Waals surface area contributed by atoms with E-state index in [0.717, 1.165) is 0 Å². The van der Waals surface area contributed by atoms with E-state index in [4.69, 9.17) is 10.5 Å². The fourth-order valence-electron chi connectivity index (χ4n) is 4.08. The van der Waals surface area contributed by atoms with Crippen LogP contribution >= 0.6 is 11.8 Å². The lowest BCUT2D eigenvalue weighted by Crippen LogP contribution is -2.34. The van der Waals surface area contributed by atoms with E-state index in [0.29, 0.717) is 17.9 Å². The predicted molar refractivity (Wildman–Crippen MR) is 84.7 cm³/mol. The number of hydrogen-bond donors (Lipinski definition) is 1. The number of nitrogens with two attached hydrogens (primary N) is 1. The molecule has 2 fully saturated rings. The zero-order valence-electron chi connectivity index (χ0n) is 12.3. The van der Waals surface area contributed by atoms with Crippen molar-refractivity contribution in [3.05, 3.63) is 39.9 Å². The molecule has 0 radical (unpaired) electrons. The summed E-state index contributed by atoms with van der Waals surface area (Å²) < 4.78 is 5.75. The van der Waals surface area contributed by atoms with Crippen molar-refractivity contribution in [2.24, 2.45) is 21.6 Å². The van der Waals surface area contributed by atoms with Crippen molar-refractivity contribution in [2.45, 2.75) is 11.0 Å². The lowest BCUT2D eigenvalue weighted by Gasteiger charge is -2.26. The van der Waals surface area contributed by atoms with E-state index >= 15 is 0 Å². The maximum absolute atomic E-state index is 11.4. The minimum absolute atomic E-state index is 0.0177. The molecular formula is C15H11N5O3S. The number of rotatable bonds is 2. The molecule has 1 aromatic rings. The molecule has 0 amide bonds. The number of nitro benzene ring substituents is 1. The zero-order chi connectivity index (χ0) is 17.2. The molecule has 1 aromatic carbocycles. The van der Waals surface area contributed by atoms with Gasteiger partial charge in [0.2, 0.25) is 5.06 Å². The van der Waals surface area contributed by atoms with Crippen molar-refractivity contribution in [2.75, 3.05) is 12.4 Å². The molecular weight excluding hydrogens is 330 g/mol.